The summed E-state index contributed by atoms with van der Waals surface area (Å²) < 4.78 is 28.0. The highest BCUT2D eigenvalue weighted by atomic mass is 32.2. The van der Waals surface area contributed by atoms with Crippen molar-refractivity contribution in [2.75, 3.05) is 38.3 Å². The SMILES string of the molecule is CCS(=O)(=O)CC(C)NC1CCN(C(=O)COC)CC1. The first-order valence-corrected chi connectivity index (χ1v) is 8.93. The van der Waals surface area contributed by atoms with Gasteiger partial charge in [-0.2, -0.15) is 0 Å². The van der Waals surface area contributed by atoms with Crippen molar-refractivity contribution >= 4 is 15.7 Å². The Hall–Kier alpha value is -0.660. The van der Waals surface area contributed by atoms with Gasteiger partial charge in [0.2, 0.25) is 5.91 Å². The zero-order valence-corrected chi connectivity index (χ0v) is 13.4. The lowest BCUT2D eigenvalue weighted by Crippen LogP contribution is -2.49. The highest BCUT2D eigenvalue weighted by Crippen LogP contribution is 2.11. The van der Waals surface area contributed by atoms with E-state index in [1.165, 1.54) is 7.11 Å². The molecule has 118 valence electrons. The Bertz CT molecular complexity index is 403. The summed E-state index contributed by atoms with van der Waals surface area (Å²) in [7, 11) is -1.43. The summed E-state index contributed by atoms with van der Waals surface area (Å²) in [6, 6.07) is 0.231. The van der Waals surface area contributed by atoms with Crippen LogP contribution in [-0.4, -0.2) is 69.6 Å². The van der Waals surface area contributed by atoms with Crippen LogP contribution in [0.2, 0.25) is 0 Å². The van der Waals surface area contributed by atoms with Crippen LogP contribution in [0, 0.1) is 0 Å². The molecule has 1 atom stereocenters. The van der Waals surface area contributed by atoms with Crippen molar-refractivity contribution in [2.24, 2.45) is 0 Å². The van der Waals surface area contributed by atoms with Gasteiger partial charge in [0.1, 0.15) is 6.61 Å². The van der Waals surface area contributed by atoms with Crippen molar-refractivity contribution in [3.05, 3.63) is 0 Å². The molecule has 0 saturated carbocycles. The van der Waals surface area contributed by atoms with Crippen LogP contribution in [0.3, 0.4) is 0 Å². The van der Waals surface area contributed by atoms with E-state index in [0.29, 0.717) is 13.1 Å². The number of nitrogens with zero attached hydrogens (tertiary/aromatic N) is 1. The van der Waals surface area contributed by atoms with Crippen LogP contribution in [0.1, 0.15) is 26.7 Å². The molecule has 1 amide bonds. The fourth-order valence-electron chi connectivity index (χ4n) is 2.46. The highest BCUT2D eigenvalue weighted by Gasteiger charge is 2.24. The van der Waals surface area contributed by atoms with Crippen molar-refractivity contribution in [2.45, 2.75) is 38.8 Å². The number of piperidine rings is 1. The molecule has 1 aliphatic rings. The number of hydrogen-bond donors (Lipinski definition) is 1. The third kappa shape index (κ3) is 5.76. The molecule has 1 aliphatic heterocycles. The van der Waals surface area contributed by atoms with Crippen molar-refractivity contribution in [3.63, 3.8) is 0 Å². The van der Waals surface area contributed by atoms with E-state index in [-0.39, 0.29) is 36.1 Å². The van der Waals surface area contributed by atoms with Gasteiger partial charge in [0, 0.05) is 38.0 Å². The summed E-state index contributed by atoms with van der Waals surface area (Å²) in [5.74, 6) is 0.377. The normalized spacial score (nSPS) is 19.1. The number of carbonyl (C=O) groups is 1. The first-order valence-electron chi connectivity index (χ1n) is 7.11. The summed E-state index contributed by atoms with van der Waals surface area (Å²) in [6.07, 6.45) is 1.71. The van der Waals surface area contributed by atoms with Crippen LogP contribution in [-0.2, 0) is 19.4 Å². The van der Waals surface area contributed by atoms with Gasteiger partial charge in [0.25, 0.3) is 0 Å². The molecule has 0 spiro atoms. The molecule has 20 heavy (non-hydrogen) atoms. The quantitative estimate of drug-likeness (QED) is 0.718. The number of carbonyl (C=O) groups excluding carboxylic acids is 1. The highest BCUT2D eigenvalue weighted by molar-refractivity contribution is 7.91. The second kappa shape index (κ2) is 7.95. The Morgan fingerprint density at radius 3 is 2.50 bits per heavy atom. The van der Waals surface area contributed by atoms with Gasteiger partial charge >= 0.3 is 0 Å². The standard InChI is InChI=1S/C13H26N2O4S/c1-4-20(17,18)10-11(2)14-12-5-7-15(8-6-12)13(16)9-19-3/h11-12,14H,4-10H2,1-3H3. The minimum Gasteiger partial charge on any atom is -0.375 e. The van der Waals surface area contributed by atoms with Gasteiger partial charge in [0.15, 0.2) is 9.84 Å². The Morgan fingerprint density at radius 2 is 2.00 bits per heavy atom. The summed E-state index contributed by atoms with van der Waals surface area (Å²) in [5.41, 5.74) is 0. The Balaban J connectivity index is 2.34. The van der Waals surface area contributed by atoms with Crippen LogP contribution in [0.25, 0.3) is 0 Å². The molecule has 0 aromatic carbocycles. The molecule has 1 unspecified atom stereocenters. The minimum absolute atomic E-state index is 0.0209. The fourth-order valence-corrected chi connectivity index (χ4v) is 3.55. The zero-order chi connectivity index (χ0) is 15.2. The number of ether oxygens (including phenoxy) is 1. The number of rotatable bonds is 7. The van der Waals surface area contributed by atoms with Crippen LogP contribution < -0.4 is 5.32 Å². The van der Waals surface area contributed by atoms with Gasteiger partial charge in [-0.05, 0) is 19.8 Å². The van der Waals surface area contributed by atoms with Crippen molar-refractivity contribution in [1.82, 2.24) is 10.2 Å². The van der Waals surface area contributed by atoms with Crippen molar-refractivity contribution in [3.8, 4) is 0 Å². The third-order valence-electron chi connectivity index (χ3n) is 3.58. The molecule has 1 rings (SSSR count). The molecular formula is C13H26N2O4S. The minimum atomic E-state index is -2.94. The van der Waals surface area contributed by atoms with Crippen LogP contribution in [0.5, 0.6) is 0 Å². The molecule has 1 fully saturated rings. The molecular weight excluding hydrogens is 280 g/mol. The number of sulfone groups is 1. The van der Waals surface area contributed by atoms with Gasteiger partial charge in [-0.1, -0.05) is 6.92 Å². The van der Waals surface area contributed by atoms with E-state index >= 15 is 0 Å². The molecule has 1 N–H and O–H groups in total. The third-order valence-corrected chi connectivity index (χ3v) is 5.47. The summed E-state index contributed by atoms with van der Waals surface area (Å²) >= 11 is 0. The van der Waals surface area contributed by atoms with Gasteiger partial charge in [-0.3, -0.25) is 4.79 Å². The average Bonchev–Trinajstić information content (AvgIpc) is 2.39. The summed E-state index contributed by atoms with van der Waals surface area (Å²) in [4.78, 5) is 13.5. The second-order valence-corrected chi connectivity index (χ2v) is 7.75. The van der Waals surface area contributed by atoms with E-state index in [0.717, 1.165) is 12.8 Å². The predicted molar refractivity (Wildman–Crippen MR) is 78.4 cm³/mol. The van der Waals surface area contributed by atoms with Crippen LogP contribution in [0.4, 0.5) is 0 Å². The molecule has 1 saturated heterocycles. The average molecular weight is 306 g/mol. The van der Waals surface area contributed by atoms with E-state index in [4.69, 9.17) is 4.74 Å². The maximum absolute atomic E-state index is 11.7. The van der Waals surface area contributed by atoms with E-state index < -0.39 is 9.84 Å². The predicted octanol–water partition coefficient (Wildman–Crippen LogP) is 0.0366. The largest absolute Gasteiger partial charge is 0.375 e. The molecule has 6 nitrogen and oxygen atoms in total. The number of methoxy groups -OCH3 is 1. The topological polar surface area (TPSA) is 75.7 Å². The molecule has 0 aliphatic carbocycles. The molecule has 1 heterocycles. The lowest BCUT2D eigenvalue weighted by Gasteiger charge is -2.33. The van der Waals surface area contributed by atoms with Crippen LogP contribution in [0.15, 0.2) is 0 Å². The summed E-state index contributed by atoms with van der Waals surface area (Å²) in [6.45, 7) is 5.10. The Kier molecular flexibility index (Phi) is 6.91. The molecule has 0 radical (unpaired) electrons. The van der Waals surface area contributed by atoms with Gasteiger partial charge < -0.3 is 15.0 Å². The van der Waals surface area contributed by atoms with Gasteiger partial charge in [-0.15, -0.1) is 0 Å². The van der Waals surface area contributed by atoms with E-state index in [2.05, 4.69) is 5.32 Å². The first-order chi connectivity index (χ1) is 9.38. The number of likely N-dealkylation sites (tertiary alicyclic amines) is 1. The zero-order valence-electron chi connectivity index (χ0n) is 12.6. The van der Waals surface area contributed by atoms with Crippen LogP contribution >= 0.6 is 0 Å². The monoisotopic (exact) mass is 306 g/mol. The maximum Gasteiger partial charge on any atom is 0.248 e. The summed E-state index contributed by atoms with van der Waals surface area (Å²) in [5, 5.41) is 3.35. The van der Waals surface area contributed by atoms with Crippen molar-refractivity contribution in [1.29, 1.82) is 0 Å². The maximum atomic E-state index is 11.7. The Labute approximate surface area is 121 Å². The molecule has 0 aromatic heterocycles. The van der Waals surface area contributed by atoms with Gasteiger partial charge in [0.05, 0.1) is 5.75 Å². The number of amides is 1. The molecule has 0 aromatic rings. The number of nitrogens with one attached hydrogen (secondary N) is 1. The van der Waals surface area contributed by atoms with E-state index in [9.17, 15) is 13.2 Å². The van der Waals surface area contributed by atoms with Crippen molar-refractivity contribution < 1.29 is 17.9 Å². The lowest BCUT2D eigenvalue weighted by molar-refractivity contribution is -0.136. The van der Waals surface area contributed by atoms with E-state index in [1.54, 1.807) is 11.8 Å². The van der Waals surface area contributed by atoms with E-state index in [1.807, 2.05) is 6.92 Å². The smallest absolute Gasteiger partial charge is 0.248 e. The lowest BCUT2D eigenvalue weighted by atomic mass is 10.0. The molecule has 0 bridgehead atoms. The second-order valence-electron chi connectivity index (χ2n) is 5.35. The fraction of sp³-hybridized carbons (Fsp3) is 0.923. The number of hydrogen-bond acceptors (Lipinski definition) is 5. The Morgan fingerprint density at radius 1 is 1.40 bits per heavy atom. The van der Waals surface area contributed by atoms with Gasteiger partial charge in [-0.25, -0.2) is 8.42 Å². The molecule has 7 heteroatoms. The first kappa shape index (κ1) is 17.4.